The lowest BCUT2D eigenvalue weighted by Crippen LogP contribution is -2.22. The second-order valence-corrected chi connectivity index (χ2v) is 3.97. The number of carbonyl (C=O) groups excluding carboxylic acids is 1. The van der Waals surface area contributed by atoms with Crippen molar-refractivity contribution in [2.75, 3.05) is 0 Å². The van der Waals surface area contributed by atoms with E-state index in [1.54, 1.807) is 6.08 Å². The highest BCUT2D eigenvalue weighted by molar-refractivity contribution is 5.92. The third-order valence-corrected chi connectivity index (χ3v) is 2.53. The fourth-order valence-corrected chi connectivity index (χ4v) is 1.42. The summed E-state index contributed by atoms with van der Waals surface area (Å²) in [6.07, 6.45) is 5.74. The molecule has 0 unspecified atom stereocenters. The Hall–Kier alpha value is -1.57. The van der Waals surface area contributed by atoms with Crippen molar-refractivity contribution >= 4 is 12.0 Å². The molecule has 2 rings (SSSR count). The minimum atomic E-state index is 0.0146. The van der Waals surface area contributed by atoms with Crippen molar-refractivity contribution in [2.24, 2.45) is 0 Å². The van der Waals surface area contributed by atoms with Crippen LogP contribution in [0.3, 0.4) is 0 Å². The zero-order chi connectivity index (χ0) is 10.7. The highest BCUT2D eigenvalue weighted by atomic mass is 16.1. The molecular weight excluding hydrogens is 186 g/mol. The molecule has 0 heterocycles. The van der Waals surface area contributed by atoms with Gasteiger partial charge in [0.25, 0.3) is 0 Å². The quantitative estimate of drug-likeness (QED) is 0.747. The van der Waals surface area contributed by atoms with E-state index >= 15 is 0 Å². The molecule has 1 saturated carbocycles. The summed E-state index contributed by atoms with van der Waals surface area (Å²) in [6, 6.07) is 8.45. The maximum Gasteiger partial charge on any atom is 0.244 e. The number of hydrogen-bond donors (Lipinski definition) is 1. The Balaban J connectivity index is 1.97. The van der Waals surface area contributed by atoms with Crippen molar-refractivity contribution in [1.82, 2.24) is 5.32 Å². The molecule has 0 atom stereocenters. The first-order valence-corrected chi connectivity index (χ1v) is 5.30. The molecule has 2 nitrogen and oxygen atoms in total. The van der Waals surface area contributed by atoms with Crippen LogP contribution in [0.1, 0.15) is 24.0 Å². The van der Waals surface area contributed by atoms with Gasteiger partial charge in [0.05, 0.1) is 0 Å². The predicted molar refractivity (Wildman–Crippen MR) is 61.4 cm³/mol. The van der Waals surface area contributed by atoms with Gasteiger partial charge >= 0.3 is 0 Å². The van der Waals surface area contributed by atoms with E-state index in [2.05, 4.69) is 5.32 Å². The highest BCUT2D eigenvalue weighted by Crippen LogP contribution is 2.18. The predicted octanol–water partition coefficient (Wildman–Crippen LogP) is 2.29. The van der Waals surface area contributed by atoms with Crippen LogP contribution < -0.4 is 5.32 Å². The van der Waals surface area contributed by atoms with Crippen LogP contribution in [0.15, 0.2) is 30.3 Å². The molecule has 1 N–H and O–H groups in total. The second kappa shape index (κ2) is 4.30. The molecule has 78 valence electrons. The monoisotopic (exact) mass is 201 g/mol. The number of aryl methyl sites for hydroxylation is 1. The fraction of sp³-hybridized carbons (Fsp3) is 0.308. The van der Waals surface area contributed by atoms with Gasteiger partial charge in [-0.1, -0.05) is 24.3 Å². The maximum atomic E-state index is 11.4. The van der Waals surface area contributed by atoms with Crippen molar-refractivity contribution in [1.29, 1.82) is 0 Å². The average Bonchev–Trinajstić information content (AvgIpc) is 3.00. The summed E-state index contributed by atoms with van der Waals surface area (Å²) in [7, 11) is 0. The van der Waals surface area contributed by atoms with E-state index < -0.39 is 0 Å². The van der Waals surface area contributed by atoms with Crippen LogP contribution in [0, 0.1) is 6.92 Å². The SMILES string of the molecule is Cc1ccccc1C=CC(=O)NC1CC1. The maximum absolute atomic E-state index is 11.4. The summed E-state index contributed by atoms with van der Waals surface area (Å²) in [5, 5.41) is 2.92. The van der Waals surface area contributed by atoms with Gasteiger partial charge < -0.3 is 5.32 Å². The smallest absolute Gasteiger partial charge is 0.244 e. The summed E-state index contributed by atoms with van der Waals surface area (Å²) in [5.74, 6) is 0.0146. The van der Waals surface area contributed by atoms with Gasteiger partial charge in [-0.15, -0.1) is 0 Å². The van der Waals surface area contributed by atoms with Crippen LogP contribution in [0.25, 0.3) is 6.08 Å². The van der Waals surface area contributed by atoms with Gasteiger partial charge in [-0.2, -0.15) is 0 Å². The molecule has 0 aliphatic heterocycles. The molecule has 0 aromatic heterocycles. The lowest BCUT2D eigenvalue weighted by Gasteiger charge is -1.99. The van der Waals surface area contributed by atoms with E-state index in [4.69, 9.17) is 0 Å². The fourth-order valence-electron chi connectivity index (χ4n) is 1.42. The van der Waals surface area contributed by atoms with Crippen LogP contribution in [-0.2, 0) is 4.79 Å². The summed E-state index contributed by atoms with van der Waals surface area (Å²) in [5.41, 5.74) is 2.29. The van der Waals surface area contributed by atoms with E-state index in [1.807, 2.05) is 37.3 Å². The Bertz CT molecular complexity index is 391. The van der Waals surface area contributed by atoms with Gasteiger partial charge in [-0.25, -0.2) is 0 Å². The molecule has 1 aliphatic rings. The Morgan fingerprint density at radius 2 is 2.13 bits per heavy atom. The average molecular weight is 201 g/mol. The first-order chi connectivity index (χ1) is 7.25. The topological polar surface area (TPSA) is 29.1 Å². The Kier molecular flexibility index (Phi) is 2.86. The van der Waals surface area contributed by atoms with E-state index in [9.17, 15) is 4.79 Å². The first kappa shape index (κ1) is 9.97. The van der Waals surface area contributed by atoms with Crippen molar-refractivity contribution < 1.29 is 4.79 Å². The van der Waals surface area contributed by atoms with E-state index in [0.717, 1.165) is 18.4 Å². The van der Waals surface area contributed by atoms with Gasteiger partial charge in [0.15, 0.2) is 0 Å². The lowest BCUT2D eigenvalue weighted by atomic mass is 10.1. The van der Waals surface area contributed by atoms with E-state index in [1.165, 1.54) is 5.56 Å². The molecule has 0 saturated heterocycles. The van der Waals surface area contributed by atoms with Crippen LogP contribution >= 0.6 is 0 Å². The highest BCUT2D eigenvalue weighted by Gasteiger charge is 2.21. The lowest BCUT2D eigenvalue weighted by molar-refractivity contribution is -0.116. The Labute approximate surface area is 90.0 Å². The summed E-state index contributed by atoms with van der Waals surface area (Å²) in [6.45, 7) is 2.04. The van der Waals surface area contributed by atoms with Gasteiger partial charge in [0.1, 0.15) is 0 Å². The van der Waals surface area contributed by atoms with Crippen molar-refractivity contribution in [3.05, 3.63) is 41.5 Å². The first-order valence-electron chi connectivity index (χ1n) is 5.30. The molecule has 1 aromatic rings. The largest absolute Gasteiger partial charge is 0.350 e. The third-order valence-electron chi connectivity index (χ3n) is 2.53. The van der Waals surface area contributed by atoms with Crippen LogP contribution in [0.2, 0.25) is 0 Å². The number of nitrogens with one attached hydrogen (secondary N) is 1. The van der Waals surface area contributed by atoms with Gasteiger partial charge in [0.2, 0.25) is 5.91 Å². The number of amides is 1. The van der Waals surface area contributed by atoms with Gasteiger partial charge in [-0.05, 0) is 37.0 Å². The molecule has 1 amide bonds. The summed E-state index contributed by atoms with van der Waals surface area (Å²) in [4.78, 5) is 11.4. The van der Waals surface area contributed by atoms with E-state index in [0.29, 0.717) is 6.04 Å². The standard InChI is InChI=1S/C13H15NO/c1-10-4-2-3-5-11(10)6-9-13(15)14-12-7-8-12/h2-6,9,12H,7-8H2,1H3,(H,14,15). The van der Waals surface area contributed by atoms with Crippen molar-refractivity contribution in [3.8, 4) is 0 Å². The molecule has 1 aliphatic carbocycles. The zero-order valence-electron chi connectivity index (χ0n) is 8.86. The molecule has 1 aromatic carbocycles. The Morgan fingerprint density at radius 1 is 1.40 bits per heavy atom. The molecular formula is C13H15NO. The van der Waals surface area contributed by atoms with Crippen LogP contribution in [0.5, 0.6) is 0 Å². The van der Waals surface area contributed by atoms with Gasteiger partial charge in [0, 0.05) is 12.1 Å². The van der Waals surface area contributed by atoms with Crippen LogP contribution in [0.4, 0.5) is 0 Å². The van der Waals surface area contributed by atoms with Crippen molar-refractivity contribution in [2.45, 2.75) is 25.8 Å². The molecule has 2 heteroatoms. The van der Waals surface area contributed by atoms with E-state index in [-0.39, 0.29) is 5.91 Å². The summed E-state index contributed by atoms with van der Waals surface area (Å²) >= 11 is 0. The minimum Gasteiger partial charge on any atom is -0.350 e. The minimum absolute atomic E-state index is 0.0146. The third kappa shape index (κ3) is 2.94. The molecule has 15 heavy (non-hydrogen) atoms. The van der Waals surface area contributed by atoms with Gasteiger partial charge in [-0.3, -0.25) is 4.79 Å². The molecule has 0 radical (unpaired) electrons. The molecule has 0 spiro atoms. The molecule has 1 fully saturated rings. The van der Waals surface area contributed by atoms with Crippen molar-refractivity contribution in [3.63, 3.8) is 0 Å². The molecule has 0 bridgehead atoms. The Morgan fingerprint density at radius 3 is 2.80 bits per heavy atom. The van der Waals surface area contributed by atoms with Crippen LogP contribution in [-0.4, -0.2) is 11.9 Å². The summed E-state index contributed by atoms with van der Waals surface area (Å²) < 4.78 is 0. The number of benzene rings is 1. The normalized spacial score (nSPS) is 15.5. The number of carbonyl (C=O) groups is 1. The zero-order valence-corrected chi connectivity index (χ0v) is 8.86. The number of rotatable bonds is 3. The number of hydrogen-bond acceptors (Lipinski definition) is 1. The second-order valence-electron chi connectivity index (χ2n) is 3.97.